The molecular weight excluding hydrogens is 312 g/mol. The van der Waals surface area contributed by atoms with Crippen molar-refractivity contribution in [1.82, 2.24) is 9.97 Å². The van der Waals surface area contributed by atoms with E-state index in [4.69, 9.17) is 4.74 Å². The van der Waals surface area contributed by atoms with E-state index in [-0.39, 0.29) is 5.75 Å². The van der Waals surface area contributed by atoms with Crippen LogP contribution in [-0.4, -0.2) is 21.7 Å². The topological polar surface area (TPSA) is 55.2 Å². The molecule has 0 aliphatic rings. The lowest BCUT2D eigenvalue weighted by Gasteiger charge is -2.05. The number of hydrogen-bond acceptors (Lipinski definition) is 4. The van der Waals surface area contributed by atoms with Crippen molar-refractivity contribution < 1.29 is 9.84 Å². The molecule has 2 aromatic carbocycles. The van der Waals surface area contributed by atoms with E-state index in [2.05, 4.69) is 22.1 Å². The fourth-order valence-electron chi connectivity index (χ4n) is 2.54. The van der Waals surface area contributed by atoms with E-state index >= 15 is 0 Å². The molecule has 4 heteroatoms. The van der Waals surface area contributed by atoms with Gasteiger partial charge in [0, 0.05) is 31.0 Å². The molecule has 0 unspecified atom stereocenters. The quantitative estimate of drug-likeness (QED) is 0.621. The van der Waals surface area contributed by atoms with Crippen molar-refractivity contribution in [3.63, 3.8) is 0 Å². The number of unbranched alkanes of at least 4 members (excludes halogenated alkanes) is 1. The van der Waals surface area contributed by atoms with Gasteiger partial charge in [-0.15, -0.1) is 0 Å². The first-order valence-corrected chi connectivity index (χ1v) is 8.53. The zero-order valence-corrected chi connectivity index (χ0v) is 14.1. The summed E-state index contributed by atoms with van der Waals surface area (Å²) in [5, 5.41) is 9.33. The maximum atomic E-state index is 9.33. The molecule has 128 valence electrons. The minimum atomic E-state index is 0.260. The fourth-order valence-corrected chi connectivity index (χ4v) is 2.54. The number of aryl methyl sites for hydroxylation is 1. The summed E-state index contributed by atoms with van der Waals surface area (Å²) in [5.74, 6) is 1.11. The summed E-state index contributed by atoms with van der Waals surface area (Å²) in [6.07, 6.45) is 6.52. The maximum absolute atomic E-state index is 9.33. The zero-order valence-electron chi connectivity index (χ0n) is 14.1. The number of rotatable bonds is 8. The van der Waals surface area contributed by atoms with Crippen LogP contribution in [0.1, 0.15) is 24.2 Å². The van der Waals surface area contributed by atoms with Crippen LogP contribution in [0.2, 0.25) is 0 Å². The lowest BCUT2D eigenvalue weighted by atomic mass is 10.1. The minimum Gasteiger partial charge on any atom is -0.508 e. The van der Waals surface area contributed by atoms with E-state index in [1.807, 2.05) is 42.7 Å². The van der Waals surface area contributed by atoms with Gasteiger partial charge in [-0.05, 0) is 36.1 Å². The van der Waals surface area contributed by atoms with Crippen molar-refractivity contribution in [3.05, 3.63) is 78.4 Å². The van der Waals surface area contributed by atoms with Gasteiger partial charge in [0.15, 0.2) is 0 Å². The number of aromatic hydroxyl groups is 1. The zero-order chi connectivity index (χ0) is 17.3. The third kappa shape index (κ3) is 5.40. The highest BCUT2D eigenvalue weighted by atomic mass is 16.5. The van der Waals surface area contributed by atoms with Gasteiger partial charge in [0.1, 0.15) is 11.6 Å². The molecule has 25 heavy (non-hydrogen) atoms. The van der Waals surface area contributed by atoms with E-state index < -0.39 is 0 Å². The molecular formula is C21H22N2O2. The van der Waals surface area contributed by atoms with E-state index in [9.17, 15) is 5.11 Å². The number of benzene rings is 2. The monoisotopic (exact) mass is 334 g/mol. The van der Waals surface area contributed by atoms with E-state index in [1.54, 1.807) is 12.1 Å². The summed E-state index contributed by atoms with van der Waals surface area (Å²) >= 11 is 0. The highest BCUT2D eigenvalue weighted by molar-refractivity contribution is 5.62. The largest absolute Gasteiger partial charge is 0.508 e. The van der Waals surface area contributed by atoms with Crippen molar-refractivity contribution in [2.75, 3.05) is 6.61 Å². The van der Waals surface area contributed by atoms with Crippen LogP contribution in [-0.2, 0) is 17.8 Å². The summed E-state index contributed by atoms with van der Waals surface area (Å²) in [7, 11) is 0. The molecule has 4 nitrogen and oxygen atoms in total. The Balaban J connectivity index is 1.38. The van der Waals surface area contributed by atoms with Crippen molar-refractivity contribution >= 4 is 0 Å². The number of hydrogen-bond donors (Lipinski definition) is 1. The van der Waals surface area contributed by atoms with Crippen molar-refractivity contribution in [2.24, 2.45) is 0 Å². The van der Waals surface area contributed by atoms with Gasteiger partial charge in [-0.1, -0.05) is 42.5 Å². The molecule has 0 amide bonds. The average Bonchev–Trinajstić information content (AvgIpc) is 2.67. The molecule has 3 aromatic rings. The lowest BCUT2D eigenvalue weighted by Crippen LogP contribution is -1.99. The third-order valence-electron chi connectivity index (χ3n) is 3.96. The van der Waals surface area contributed by atoms with Crippen molar-refractivity contribution in [1.29, 1.82) is 0 Å². The summed E-state index contributed by atoms with van der Waals surface area (Å²) in [6.45, 7) is 1.42. The standard InChI is InChI=1S/C21H22N2O2/c24-20-11-9-18(10-12-20)19-14-22-21(23-15-19)8-4-5-13-25-16-17-6-2-1-3-7-17/h1-3,6-7,9-12,14-15,24H,4-5,8,13,16H2. The summed E-state index contributed by atoms with van der Waals surface area (Å²) < 4.78 is 5.68. The van der Waals surface area contributed by atoms with Crippen LogP contribution < -0.4 is 0 Å². The Kier molecular flexibility index (Phi) is 6.12. The molecule has 0 aliphatic heterocycles. The van der Waals surface area contributed by atoms with Gasteiger partial charge in [-0.2, -0.15) is 0 Å². The average molecular weight is 334 g/mol. The van der Waals surface area contributed by atoms with Gasteiger partial charge < -0.3 is 9.84 Å². The molecule has 0 fully saturated rings. The second-order valence-corrected chi connectivity index (χ2v) is 5.93. The molecule has 0 bridgehead atoms. The smallest absolute Gasteiger partial charge is 0.128 e. The van der Waals surface area contributed by atoms with Crippen LogP contribution in [0, 0.1) is 0 Å². The highest BCUT2D eigenvalue weighted by Crippen LogP contribution is 2.20. The summed E-state index contributed by atoms with van der Waals surface area (Å²) in [6, 6.07) is 17.3. The third-order valence-corrected chi connectivity index (χ3v) is 3.96. The van der Waals surface area contributed by atoms with Gasteiger partial charge in [-0.25, -0.2) is 9.97 Å². The van der Waals surface area contributed by atoms with Crippen LogP contribution in [0.3, 0.4) is 0 Å². The first-order valence-electron chi connectivity index (χ1n) is 8.53. The molecule has 0 atom stereocenters. The first kappa shape index (κ1) is 17.1. The number of nitrogens with zero attached hydrogens (tertiary/aromatic N) is 2. The Morgan fingerprint density at radius 2 is 1.52 bits per heavy atom. The fraction of sp³-hybridized carbons (Fsp3) is 0.238. The molecule has 1 heterocycles. The Morgan fingerprint density at radius 3 is 2.24 bits per heavy atom. The second kappa shape index (κ2) is 8.94. The van der Waals surface area contributed by atoms with Crippen LogP contribution in [0.15, 0.2) is 67.0 Å². The normalized spacial score (nSPS) is 10.7. The van der Waals surface area contributed by atoms with Crippen LogP contribution in [0.4, 0.5) is 0 Å². The van der Waals surface area contributed by atoms with E-state index in [1.165, 1.54) is 5.56 Å². The summed E-state index contributed by atoms with van der Waals surface area (Å²) in [4.78, 5) is 8.86. The minimum absolute atomic E-state index is 0.260. The molecule has 1 N–H and O–H groups in total. The summed E-state index contributed by atoms with van der Waals surface area (Å²) in [5.41, 5.74) is 3.16. The lowest BCUT2D eigenvalue weighted by molar-refractivity contribution is 0.117. The molecule has 0 saturated heterocycles. The van der Waals surface area contributed by atoms with Crippen LogP contribution in [0.5, 0.6) is 5.75 Å². The van der Waals surface area contributed by atoms with Gasteiger partial charge in [0.2, 0.25) is 0 Å². The maximum Gasteiger partial charge on any atom is 0.128 e. The highest BCUT2D eigenvalue weighted by Gasteiger charge is 2.01. The second-order valence-electron chi connectivity index (χ2n) is 5.93. The van der Waals surface area contributed by atoms with E-state index in [0.29, 0.717) is 6.61 Å². The Morgan fingerprint density at radius 1 is 0.800 bits per heavy atom. The Bertz CT molecular complexity index is 756. The molecule has 0 saturated carbocycles. The van der Waals surface area contributed by atoms with Gasteiger partial charge in [0.25, 0.3) is 0 Å². The molecule has 3 rings (SSSR count). The van der Waals surface area contributed by atoms with Gasteiger partial charge >= 0.3 is 0 Å². The first-order chi connectivity index (χ1) is 12.3. The number of aromatic nitrogens is 2. The van der Waals surface area contributed by atoms with Crippen LogP contribution in [0.25, 0.3) is 11.1 Å². The Hall–Kier alpha value is -2.72. The van der Waals surface area contributed by atoms with Gasteiger partial charge in [0.05, 0.1) is 6.61 Å². The number of phenols is 1. The van der Waals surface area contributed by atoms with Gasteiger partial charge in [-0.3, -0.25) is 0 Å². The predicted octanol–water partition coefficient (Wildman–Crippen LogP) is 4.39. The SMILES string of the molecule is Oc1ccc(-c2cnc(CCCCOCc3ccccc3)nc2)cc1. The van der Waals surface area contributed by atoms with Crippen LogP contribution >= 0.6 is 0 Å². The molecule has 0 aliphatic carbocycles. The number of ether oxygens (including phenoxy) is 1. The number of phenolic OH excluding ortho intramolecular Hbond substituents is 1. The molecule has 0 radical (unpaired) electrons. The molecule has 0 spiro atoms. The van der Waals surface area contributed by atoms with Crippen molar-refractivity contribution in [3.8, 4) is 16.9 Å². The predicted molar refractivity (Wildman–Crippen MR) is 98.2 cm³/mol. The molecule has 1 aromatic heterocycles. The van der Waals surface area contributed by atoms with E-state index in [0.717, 1.165) is 42.8 Å². The van der Waals surface area contributed by atoms with Crippen molar-refractivity contribution in [2.45, 2.75) is 25.9 Å². The Labute approximate surface area is 148 Å².